The van der Waals surface area contributed by atoms with E-state index in [2.05, 4.69) is 11.9 Å². The molecule has 26 heavy (non-hydrogen) atoms. The molecule has 0 amide bonds. The lowest BCUT2D eigenvalue weighted by Gasteiger charge is -2.17. The van der Waals surface area contributed by atoms with Gasteiger partial charge < -0.3 is 9.47 Å². The Bertz CT molecular complexity index is 891. The molecule has 0 aliphatic heterocycles. The molecule has 4 heteroatoms. The number of aromatic nitrogens is 1. The summed E-state index contributed by atoms with van der Waals surface area (Å²) >= 11 is 0. The number of hydrogen-bond donors (Lipinski definition) is 0. The van der Waals surface area contributed by atoms with E-state index in [1.54, 1.807) is 6.92 Å². The van der Waals surface area contributed by atoms with Crippen LogP contribution < -0.4 is 4.74 Å². The summed E-state index contributed by atoms with van der Waals surface area (Å²) < 4.78 is 11.4. The predicted octanol–water partition coefficient (Wildman–Crippen LogP) is 4.94. The van der Waals surface area contributed by atoms with Crippen LogP contribution in [0.5, 0.6) is 5.75 Å². The van der Waals surface area contributed by atoms with E-state index in [9.17, 15) is 4.79 Å². The molecule has 0 aliphatic rings. The van der Waals surface area contributed by atoms with Gasteiger partial charge in [-0.3, -0.25) is 0 Å². The van der Waals surface area contributed by atoms with Crippen molar-refractivity contribution in [2.45, 2.75) is 33.3 Å². The highest BCUT2D eigenvalue weighted by Gasteiger charge is 2.21. The average molecular weight is 349 g/mol. The van der Waals surface area contributed by atoms with Gasteiger partial charge in [-0.15, -0.1) is 0 Å². The van der Waals surface area contributed by atoms with Gasteiger partial charge in [-0.1, -0.05) is 55.8 Å². The quantitative estimate of drug-likeness (QED) is 0.567. The second kappa shape index (κ2) is 8.48. The Hall–Kier alpha value is -2.88. The van der Waals surface area contributed by atoms with Gasteiger partial charge >= 0.3 is 5.97 Å². The van der Waals surface area contributed by atoms with Crippen LogP contribution in [-0.2, 0) is 17.8 Å². The van der Waals surface area contributed by atoms with Crippen molar-refractivity contribution in [3.05, 3.63) is 71.4 Å². The maximum absolute atomic E-state index is 12.5. The molecule has 134 valence electrons. The standard InChI is InChI=1S/C22H23NO3/c1-3-10-18-20(22(24)25-4-2)23-19-14-9-8-13-17(19)21(18)26-15-16-11-6-5-7-12-16/h5-9,11-14H,3-4,10,15H2,1-2H3. The molecular weight excluding hydrogens is 326 g/mol. The van der Waals surface area contributed by atoms with E-state index in [0.717, 1.165) is 34.2 Å². The van der Waals surface area contributed by atoms with Crippen molar-refractivity contribution in [2.24, 2.45) is 0 Å². The second-order valence-corrected chi connectivity index (χ2v) is 6.03. The Kier molecular flexibility index (Phi) is 5.84. The van der Waals surface area contributed by atoms with Crippen LogP contribution in [0.25, 0.3) is 10.9 Å². The van der Waals surface area contributed by atoms with Gasteiger partial charge in [-0.25, -0.2) is 9.78 Å². The Morgan fingerprint density at radius 1 is 1.00 bits per heavy atom. The Morgan fingerprint density at radius 3 is 2.46 bits per heavy atom. The maximum Gasteiger partial charge on any atom is 0.357 e. The summed E-state index contributed by atoms with van der Waals surface area (Å²) in [4.78, 5) is 17.0. The number of rotatable bonds is 7. The molecular formula is C22H23NO3. The third kappa shape index (κ3) is 3.85. The first-order valence-electron chi connectivity index (χ1n) is 9.00. The summed E-state index contributed by atoms with van der Waals surface area (Å²) in [6, 6.07) is 17.7. The predicted molar refractivity (Wildman–Crippen MR) is 102 cm³/mol. The van der Waals surface area contributed by atoms with E-state index in [-0.39, 0.29) is 0 Å². The molecule has 0 aliphatic carbocycles. The smallest absolute Gasteiger partial charge is 0.357 e. The third-order valence-corrected chi connectivity index (χ3v) is 4.14. The summed E-state index contributed by atoms with van der Waals surface area (Å²) in [6.07, 6.45) is 1.59. The van der Waals surface area contributed by atoms with E-state index >= 15 is 0 Å². The molecule has 0 atom stereocenters. The number of carbonyl (C=O) groups is 1. The zero-order valence-corrected chi connectivity index (χ0v) is 15.2. The Balaban J connectivity index is 2.10. The van der Waals surface area contributed by atoms with Crippen LogP contribution in [0.2, 0.25) is 0 Å². The zero-order chi connectivity index (χ0) is 18.4. The maximum atomic E-state index is 12.5. The van der Waals surface area contributed by atoms with Crippen molar-refractivity contribution in [3.63, 3.8) is 0 Å². The normalized spacial score (nSPS) is 10.7. The number of para-hydroxylation sites is 1. The third-order valence-electron chi connectivity index (χ3n) is 4.14. The van der Waals surface area contributed by atoms with Crippen molar-refractivity contribution in [1.29, 1.82) is 0 Å². The first kappa shape index (κ1) is 17.9. The van der Waals surface area contributed by atoms with Gasteiger partial charge in [-0.05, 0) is 31.0 Å². The largest absolute Gasteiger partial charge is 0.488 e. The number of carbonyl (C=O) groups excluding carboxylic acids is 1. The highest BCUT2D eigenvalue weighted by Crippen LogP contribution is 2.33. The second-order valence-electron chi connectivity index (χ2n) is 6.03. The van der Waals surface area contributed by atoms with Crippen molar-refractivity contribution >= 4 is 16.9 Å². The van der Waals surface area contributed by atoms with Crippen LogP contribution in [0.1, 0.15) is 41.9 Å². The molecule has 0 bridgehead atoms. The fraction of sp³-hybridized carbons (Fsp3) is 0.273. The van der Waals surface area contributed by atoms with Crippen LogP contribution in [0, 0.1) is 0 Å². The molecule has 0 spiro atoms. The van der Waals surface area contributed by atoms with E-state index < -0.39 is 5.97 Å². The topological polar surface area (TPSA) is 48.4 Å². The fourth-order valence-corrected chi connectivity index (χ4v) is 2.97. The lowest BCUT2D eigenvalue weighted by Crippen LogP contribution is -2.13. The minimum atomic E-state index is -0.397. The van der Waals surface area contributed by atoms with E-state index in [1.165, 1.54) is 0 Å². The summed E-state index contributed by atoms with van der Waals surface area (Å²) in [5, 5.41) is 0.917. The fourth-order valence-electron chi connectivity index (χ4n) is 2.97. The number of pyridine rings is 1. The van der Waals surface area contributed by atoms with Gasteiger partial charge in [0.2, 0.25) is 0 Å². The summed E-state index contributed by atoms with van der Waals surface area (Å²) in [7, 11) is 0. The minimum absolute atomic E-state index is 0.319. The SMILES string of the molecule is CCCc1c(C(=O)OCC)nc2ccccc2c1OCc1ccccc1. The first-order chi connectivity index (χ1) is 12.7. The highest BCUT2D eigenvalue weighted by atomic mass is 16.5. The lowest BCUT2D eigenvalue weighted by atomic mass is 10.0. The van der Waals surface area contributed by atoms with Crippen molar-refractivity contribution in [3.8, 4) is 5.75 Å². The number of hydrogen-bond acceptors (Lipinski definition) is 4. The van der Waals surface area contributed by atoms with Crippen molar-refractivity contribution in [2.75, 3.05) is 6.61 Å². The number of ether oxygens (including phenoxy) is 2. The molecule has 4 nitrogen and oxygen atoms in total. The molecule has 3 rings (SSSR count). The van der Waals surface area contributed by atoms with Gasteiger partial charge in [0.15, 0.2) is 5.69 Å². The van der Waals surface area contributed by atoms with E-state index in [0.29, 0.717) is 25.3 Å². The molecule has 3 aromatic rings. The zero-order valence-electron chi connectivity index (χ0n) is 15.2. The molecule has 0 fully saturated rings. The summed E-state index contributed by atoms with van der Waals surface area (Å²) in [6.45, 7) is 4.63. The van der Waals surface area contributed by atoms with Crippen LogP contribution >= 0.6 is 0 Å². The minimum Gasteiger partial charge on any atom is -0.488 e. The van der Waals surface area contributed by atoms with Gasteiger partial charge in [0.05, 0.1) is 12.1 Å². The van der Waals surface area contributed by atoms with Crippen LogP contribution in [0.4, 0.5) is 0 Å². The van der Waals surface area contributed by atoms with Gasteiger partial charge in [0.25, 0.3) is 0 Å². The van der Waals surface area contributed by atoms with Gasteiger partial charge in [0, 0.05) is 10.9 Å². The number of esters is 1. The van der Waals surface area contributed by atoms with Gasteiger partial charge in [0.1, 0.15) is 12.4 Å². The molecule has 1 heterocycles. The first-order valence-corrected chi connectivity index (χ1v) is 9.00. The van der Waals surface area contributed by atoms with Crippen LogP contribution in [-0.4, -0.2) is 17.6 Å². The van der Waals surface area contributed by atoms with Crippen LogP contribution in [0.3, 0.4) is 0 Å². The van der Waals surface area contributed by atoms with E-state index in [4.69, 9.17) is 9.47 Å². The lowest BCUT2D eigenvalue weighted by molar-refractivity contribution is 0.0518. The molecule has 2 aromatic carbocycles. The van der Waals surface area contributed by atoms with Crippen LogP contribution in [0.15, 0.2) is 54.6 Å². The average Bonchev–Trinajstić information content (AvgIpc) is 2.67. The number of benzene rings is 2. The Labute approximate surface area is 153 Å². The highest BCUT2D eigenvalue weighted by molar-refractivity contribution is 5.96. The molecule has 0 unspecified atom stereocenters. The molecule has 0 N–H and O–H groups in total. The summed E-state index contributed by atoms with van der Waals surface area (Å²) in [5.41, 5.74) is 2.99. The van der Waals surface area contributed by atoms with E-state index in [1.807, 2.05) is 54.6 Å². The number of fused-ring (bicyclic) bond motifs is 1. The molecule has 1 aromatic heterocycles. The van der Waals surface area contributed by atoms with Gasteiger partial charge in [-0.2, -0.15) is 0 Å². The molecule has 0 saturated carbocycles. The Morgan fingerprint density at radius 2 is 1.73 bits per heavy atom. The number of nitrogens with zero attached hydrogens (tertiary/aromatic N) is 1. The molecule has 0 saturated heterocycles. The monoisotopic (exact) mass is 349 g/mol. The molecule has 0 radical (unpaired) electrons. The van der Waals surface area contributed by atoms with Crippen molar-refractivity contribution in [1.82, 2.24) is 4.98 Å². The van der Waals surface area contributed by atoms with Crippen molar-refractivity contribution < 1.29 is 14.3 Å². The summed E-state index contributed by atoms with van der Waals surface area (Å²) in [5.74, 6) is 0.329.